The van der Waals surface area contributed by atoms with Gasteiger partial charge in [0.15, 0.2) is 5.16 Å². The van der Waals surface area contributed by atoms with Crippen LogP contribution in [0.3, 0.4) is 0 Å². The lowest BCUT2D eigenvalue weighted by Gasteiger charge is -2.06. The normalized spacial score (nSPS) is 10.4. The highest BCUT2D eigenvalue weighted by molar-refractivity contribution is 7.99. The fourth-order valence-corrected chi connectivity index (χ4v) is 2.02. The zero-order valence-electron chi connectivity index (χ0n) is 10.8. The maximum atomic E-state index is 11.4. The largest absolute Gasteiger partial charge is 0.355 e. The number of nitrogens with zero attached hydrogens (tertiary/aromatic N) is 2. The Hall–Kier alpha value is -1.10. The maximum absolute atomic E-state index is 11.4. The van der Waals surface area contributed by atoms with Crippen LogP contribution < -0.4 is 5.32 Å². The number of carbonyl (C=O) groups is 1. The number of nitrogens with one attached hydrogen (secondary N) is 1. The molecule has 0 fully saturated rings. The highest BCUT2D eigenvalue weighted by Crippen LogP contribution is 2.16. The summed E-state index contributed by atoms with van der Waals surface area (Å²) in [4.78, 5) is 20.1. The predicted octanol–water partition coefficient (Wildman–Crippen LogP) is 2.02. The highest BCUT2D eigenvalue weighted by atomic mass is 32.2. The van der Waals surface area contributed by atoms with Crippen molar-refractivity contribution in [3.8, 4) is 0 Å². The minimum atomic E-state index is 0.0383. The third-order valence-corrected chi connectivity index (χ3v) is 3.36. The Morgan fingerprint density at radius 2 is 1.82 bits per heavy atom. The van der Waals surface area contributed by atoms with Gasteiger partial charge in [0, 0.05) is 17.9 Å². The molecule has 0 aliphatic rings. The molecule has 1 N–H and O–H groups in total. The smallest absolute Gasteiger partial charge is 0.230 e. The number of carbonyl (C=O) groups excluding carboxylic acids is 1. The molecule has 0 aliphatic carbocycles. The van der Waals surface area contributed by atoms with E-state index in [9.17, 15) is 4.79 Å². The third kappa shape index (κ3) is 4.34. The number of hydrogen-bond donors (Lipinski definition) is 1. The Labute approximate surface area is 107 Å². The van der Waals surface area contributed by atoms with Crippen molar-refractivity contribution < 1.29 is 4.79 Å². The Bertz CT molecular complexity index is 384. The molecule has 0 aliphatic heterocycles. The molecular weight excluding hydrogens is 234 g/mol. The van der Waals surface area contributed by atoms with E-state index in [1.54, 1.807) is 0 Å². The van der Waals surface area contributed by atoms with Crippen molar-refractivity contribution in [1.29, 1.82) is 0 Å². The summed E-state index contributed by atoms with van der Waals surface area (Å²) < 4.78 is 0. The van der Waals surface area contributed by atoms with Gasteiger partial charge in [0.2, 0.25) is 5.91 Å². The van der Waals surface area contributed by atoms with Crippen LogP contribution in [-0.4, -0.2) is 28.2 Å². The SMILES string of the molecule is CCCNC(=O)CSc1nc(C)c(C)c(C)n1. The van der Waals surface area contributed by atoms with Crippen molar-refractivity contribution in [3.63, 3.8) is 0 Å². The van der Waals surface area contributed by atoms with Crippen LogP contribution in [0.4, 0.5) is 0 Å². The van der Waals surface area contributed by atoms with E-state index < -0.39 is 0 Å². The minimum Gasteiger partial charge on any atom is -0.355 e. The molecule has 5 heteroatoms. The van der Waals surface area contributed by atoms with E-state index in [-0.39, 0.29) is 5.91 Å². The van der Waals surface area contributed by atoms with Gasteiger partial charge in [0.25, 0.3) is 0 Å². The van der Waals surface area contributed by atoms with Gasteiger partial charge in [-0.05, 0) is 32.8 Å². The molecule has 0 bridgehead atoms. The summed E-state index contributed by atoms with van der Waals surface area (Å²) in [5.74, 6) is 0.415. The van der Waals surface area contributed by atoms with Crippen LogP contribution in [-0.2, 0) is 4.79 Å². The molecule has 1 heterocycles. The van der Waals surface area contributed by atoms with Crippen LogP contribution in [0.2, 0.25) is 0 Å². The monoisotopic (exact) mass is 253 g/mol. The number of rotatable bonds is 5. The Balaban J connectivity index is 2.55. The van der Waals surface area contributed by atoms with Crippen LogP contribution in [0.15, 0.2) is 5.16 Å². The summed E-state index contributed by atoms with van der Waals surface area (Å²) >= 11 is 1.38. The lowest BCUT2D eigenvalue weighted by atomic mass is 10.2. The molecule has 1 aromatic heterocycles. The summed E-state index contributed by atoms with van der Waals surface area (Å²) in [6.07, 6.45) is 0.954. The van der Waals surface area contributed by atoms with Crippen molar-refractivity contribution in [2.45, 2.75) is 39.3 Å². The number of aryl methyl sites for hydroxylation is 2. The molecule has 1 amide bonds. The van der Waals surface area contributed by atoms with E-state index in [2.05, 4.69) is 15.3 Å². The zero-order valence-corrected chi connectivity index (χ0v) is 11.6. The van der Waals surface area contributed by atoms with Crippen LogP contribution in [0.5, 0.6) is 0 Å². The summed E-state index contributed by atoms with van der Waals surface area (Å²) in [7, 11) is 0. The first-order chi connectivity index (χ1) is 8.04. The van der Waals surface area contributed by atoms with Gasteiger partial charge in [-0.15, -0.1) is 0 Å². The van der Waals surface area contributed by atoms with E-state index in [1.807, 2.05) is 27.7 Å². The van der Waals surface area contributed by atoms with Gasteiger partial charge in [-0.1, -0.05) is 18.7 Å². The van der Waals surface area contributed by atoms with Crippen LogP contribution >= 0.6 is 11.8 Å². The quantitative estimate of drug-likeness (QED) is 0.644. The number of thioether (sulfide) groups is 1. The average Bonchev–Trinajstić information content (AvgIpc) is 2.30. The van der Waals surface area contributed by atoms with Gasteiger partial charge in [-0.3, -0.25) is 4.79 Å². The van der Waals surface area contributed by atoms with E-state index in [0.717, 1.165) is 29.9 Å². The molecule has 4 nitrogen and oxygen atoms in total. The summed E-state index contributed by atoms with van der Waals surface area (Å²) in [6, 6.07) is 0. The fourth-order valence-electron chi connectivity index (χ4n) is 1.25. The molecular formula is C12H19N3OS. The van der Waals surface area contributed by atoms with Crippen molar-refractivity contribution in [3.05, 3.63) is 17.0 Å². The predicted molar refractivity (Wildman–Crippen MR) is 70.3 cm³/mol. The molecule has 0 radical (unpaired) electrons. The number of amides is 1. The number of hydrogen-bond acceptors (Lipinski definition) is 4. The van der Waals surface area contributed by atoms with Gasteiger partial charge < -0.3 is 5.32 Å². The summed E-state index contributed by atoms with van der Waals surface area (Å²) in [5.41, 5.74) is 3.08. The molecule has 0 unspecified atom stereocenters. The van der Waals surface area contributed by atoms with Crippen LogP contribution in [0, 0.1) is 20.8 Å². The highest BCUT2D eigenvalue weighted by Gasteiger charge is 2.07. The molecule has 0 atom stereocenters. The van der Waals surface area contributed by atoms with Crippen LogP contribution in [0.25, 0.3) is 0 Å². The molecule has 1 rings (SSSR count). The lowest BCUT2D eigenvalue weighted by molar-refractivity contribution is -0.118. The molecule has 0 spiro atoms. The zero-order chi connectivity index (χ0) is 12.8. The minimum absolute atomic E-state index is 0.0383. The third-order valence-electron chi connectivity index (χ3n) is 2.52. The van der Waals surface area contributed by atoms with Gasteiger partial charge in [-0.2, -0.15) is 0 Å². The first-order valence-corrected chi connectivity index (χ1v) is 6.74. The molecule has 17 heavy (non-hydrogen) atoms. The van der Waals surface area contributed by atoms with Gasteiger partial charge >= 0.3 is 0 Å². The standard InChI is InChI=1S/C12H19N3OS/c1-5-6-13-11(16)7-17-12-14-9(3)8(2)10(4)15-12/h5-7H2,1-4H3,(H,13,16). The van der Waals surface area contributed by atoms with E-state index in [0.29, 0.717) is 10.9 Å². The lowest BCUT2D eigenvalue weighted by Crippen LogP contribution is -2.25. The van der Waals surface area contributed by atoms with E-state index >= 15 is 0 Å². The van der Waals surface area contributed by atoms with E-state index in [1.165, 1.54) is 11.8 Å². The number of aromatic nitrogens is 2. The van der Waals surface area contributed by atoms with Crippen molar-refractivity contribution in [2.24, 2.45) is 0 Å². The van der Waals surface area contributed by atoms with Crippen molar-refractivity contribution in [2.75, 3.05) is 12.3 Å². The Morgan fingerprint density at radius 3 is 2.35 bits per heavy atom. The van der Waals surface area contributed by atoms with E-state index in [4.69, 9.17) is 0 Å². The second-order valence-corrected chi connectivity index (χ2v) is 4.88. The second kappa shape index (κ2) is 6.59. The molecule has 0 saturated heterocycles. The Kier molecular flexibility index (Phi) is 5.41. The fraction of sp³-hybridized carbons (Fsp3) is 0.583. The average molecular weight is 253 g/mol. The molecule has 0 aromatic carbocycles. The first-order valence-electron chi connectivity index (χ1n) is 5.76. The molecule has 0 saturated carbocycles. The first kappa shape index (κ1) is 14.0. The van der Waals surface area contributed by atoms with Crippen molar-refractivity contribution in [1.82, 2.24) is 15.3 Å². The summed E-state index contributed by atoms with van der Waals surface area (Å²) in [5, 5.41) is 3.51. The van der Waals surface area contributed by atoms with Gasteiger partial charge in [-0.25, -0.2) is 9.97 Å². The molecule has 1 aromatic rings. The maximum Gasteiger partial charge on any atom is 0.230 e. The van der Waals surface area contributed by atoms with Crippen LogP contribution in [0.1, 0.15) is 30.3 Å². The molecule has 94 valence electrons. The summed E-state index contributed by atoms with van der Waals surface area (Å²) in [6.45, 7) is 8.69. The second-order valence-electron chi connectivity index (χ2n) is 3.94. The Morgan fingerprint density at radius 1 is 1.24 bits per heavy atom. The van der Waals surface area contributed by atoms with Gasteiger partial charge in [0.1, 0.15) is 0 Å². The topological polar surface area (TPSA) is 54.9 Å². The van der Waals surface area contributed by atoms with Gasteiger partial charge in [0.05, 0.1) is 5.75 Å². The van der Waals surface area contributed by atoms with Crippen molar-refractivity contribution >= 4 is 17.7 Å².